The van der Waals surface area contributed by atoms with Crippen LogP contribution in [0, 0.1) is 17.5 Å². The summed E-state index contributed by atoms with van der Waals surface area (Å²) >= 11 is 0. The molecule has 2 N–H and O–H groups in total. The molecule has 0 atom stereocenters. The molecule has 5 nitrogen and oxygen atoms in total. The highest BCUT2D eigenvalue weighted by Crippen LogP contribution is 2.19. The Morgan fingerprint density at radius 2 is 1.46 bits per heavy atom. The lowest BCUT2D eigenvalue weighted by Crippen LogP contribution is -2.23. The van der Waals surface area contributed by atoms with Gasteiger partial charge in [0.15, 0.2) is 0 Å². The van der Waals surface area contributed by atoms with Gasteiger partial charge in [-0.2, -0.15) is 0 Å². The van der Waals surface area contributed by atoms with Gasteiger partial charge < -0.3 is 10.6 Å². The minimum Gasteiger partial charge on any atom is -0.348 e. The first-order chi connectivity index (χ1) is 13.4. The van der Waals surface area contributed by atoms with E-state index in [2.05, 4.69) is 15.6 Å². The predicted molar refractivity (Wildman–Crippen MR) is 96.1 cm³/mol. The zero-order valence-corrected chi connectivity index (χ0v) is 14.4. The quantitative estimate of drug-likeness (QED) is 0.704. The molecule has 0 saturated heterocycles. The van der Waals surface area contributed by atoms with Crippen molar-refractivity contribution in [3.8, 4) is 0 Å². The number of amides is 2. The van der Waals surface area contributed by atoms with Crippen molar-refractivity contribution in [2.45, 2.75) is 6.54 Å². The summed E-state index contributed by atoms with van der Waals surface area (Å²) in [6.45, 7) is 0.149. The van der Waals surface area contributed by atoms with Crippen LogP contribution in [0.25, 0.3) is 0 Å². The van der Waals surface area contributed by atoms with Crippen molar-refractivity contribution in [3.63, 3.8) is 0 Å². The molecule has 142 valence electrons. The molecule has 2 aromatic carbocycles. The Bertz CT molecular complexity index is 1000. The first kappa shape index (κ1) is 19.1. The van der Waals surface area contributed by atoms with Crippen LogP contribution in [0.5, 0.6) is 0 Å². The number of halogens is 3. The van der Waals surface area contributed by atoms with Gasteiger partial charge in [0.1, 0.15) is 23.1 Å². The Labute approximate surface area is 158 Å². The summed E-state index contributed by atoms with van der Waals surface area (Å²) in [5.41, 5.74) is 0.145. The van der Waals surface area contributed by atoms with Gasteiger partial charge in [-0.25, -0.2) is 13.2 Å². The van der Waals surface area contributed by atoms with E-state index in [1.165, 1.54) is 48.8 Å². The van der Waals surface area contributed by atoms with Crippen LogP contribution in [0.15, 0.2) is 60.9 Å². The number of nitrogens with one attached hydrogen (secondary N) is 2. The maximum atomic E-state index is 13.7. The number of hydrogen-bond acceptors (Lipinski definition) is 3. The van der Waals surface area contributed by atoms with Crippen molar-refractivity contribution in [2.24, 2.45) is 0 Å². The van der Waals surface area contributed by atoms with E-state index in [4.69, 9.17) is 0 Å². The molecule has 8 heteroatoms. The van der Waals surface area contributed by atoms with Crippen molar-refractivity contribution < 1.29 is 22.8 Å². The second kappa shape index (κ2) is 8.34. The molecule has 0 aliphatic carbocycles. The molecule has 0 bridgehead atoms. The van der Waals surface area contributed by atoms with Crippen molar-refractivity contribution in [3.05, 3.63) is 95.1 Å². The minimum absolute atomic E-state index is 0.0444. The van der Waals surface area contributed by atoms with Crippen molar-refractivity contribution in [2.75, 3.05) is 5.32 Å². The molecule has 2 amide bonds. The van der Waals surface area contributed by atoms with Crippen LogP contribution in [0.3, 0.4) is 0 Å². The average Bonchev–Trinajstić information content (AvgIpc) is 2.70. The number of anilines is 1. The zero-order valence-electron chi connectivity index (χ0n) is 14.4. The van der Waals surface area contributed by atoms with E-state index < -0.39 is 29.1 Å². The first-order valence-electron chi connectivity index (χ1n) is 8.17. The molecular formula is C20H14F3N3O2. The Balaban J connectivity index is 1.69. The number of aromatic nitrogens is 1. The summed E-state index contributed by atoms with van der Waals surface area (Å²) in [5.74, 6) is -3.55. The molecule has 0 radical (unpaired) electrons. The fourth-order valence-corrected chi connectivity index (χ4v) is 2.38. The van der Waals surface area contributed by atoms with Crippen LogP contribution in [0.2, 0.25) is 0 Å². The van der Waals surface area contributed by atoms with Crippen LogP contribution < -0.4 is 10.6 Å². The number of pyridine rings is 1. The Morgan fingerprint density at radius 3 is 2.11 bits per heavy atom. The monoisotopic (exact) mass is 385 g/mol. The van der Waals surface area contributed by atoms with Gasteiger partial charge >= 0.3 is 0 Å². The number of rotatable bonds is 5. The topological polar surface area (TPSA) is 71.1 Å². The molecule has 0 aliphatic rings. The van der Waals surface area contributed by atoms with Gasteiger partial charge in [-0.15, -0.1) is 0 Å². The maximum absolute atomic E-state index is 13.7. The van der Waals surface area contributed by atoms with Crippen LogP contribution in [-0.2, 0) is 6.54 Å². The second-order valence-corrected chi connectivity index (χ2v) is 5.82. The molecule has 3 rings (SSSR count). The van der Waals surface area contributed by atoms with Gasteiger partial charge in [-0.05, 0) is 35.9 Å². The molecule has 1 heterocycles. The van der Waals surface area contributed by atoms with Crippen LogP contribution in [0.4, 0.5) is 18.9 Å². The lowest BCUT2D eigenvalue weighted by molar-refractivity contribution is 0.0950. The third-order valence-electron chi connectivity index (χ3n) is 3.83. The van der Waals surface area contributed by atoms with Gasteiger partial charge in [0.25, 0.3) is 11.8 Å². The van der Waals surface area contributed by atoms with Crippen molar-refractivity contribution >= 4 is 17.5 Å². The molecule has 1 aromatic heterocycles. The van der Waals surface area contributed by atoms with Gasteiger partial charge in [0.2, 0.25) is 0 Å². The van der Waals surface area contributed by atoms with E-state index in [-0.39, 0.29) is 23.5 Å². The van der Waals surface area contributed by atoms with Crippen LogP contribution in [0.1, 0.15) is 26.3 Å². The Kier molecular flexibility index (Phi) is 5.69. The van der Waals surface area contributed by atoms with Crippen LogP contribution >= 0.6 is 0 Å². The predicted octanol–water partition coefficient (Wildman–Crippen LogP) is 3.68. The Hall–Kier alpha value is -3.68. The van der Waals surface area contributed by atoms with E-state index in [0.717, 1.165) is 12.1 Å². The number of carbonyl (C=O) groups excluding carboxylic acids is 2. The summed E-state index contributed by atoms with van der Waals surface area (Å²) in [6.07, 6.45) is 2.42. The third kappa shape index (κ3) is 4.53. The highest BCUT2D eigenvalue weighted by molar-refractivity contribution is 6.05. The first-order valence-corrected chi connectivity index (χ1v) is 8.17. The summed E-state index contributed by atoms with van der Waals surface area (Å²) in [5, 5.41) is 4.74. The maximum Gasteiger partial charge on any atom is 0.257 e. The van der Waals surface area contributed by atoms with Gasteiger partial charge in [-0.1, -0.05) is 18.2 Å². The van der Waals surface area contributed by atoms with E-state index >= 15 is 0 Å². The lowest BCUT2D eigenvalue weighted by Gasteiger charge is -2.09. The van der Waals surface area contributed by atoms with Gasteiger partial charge in [-0.3, -0.25) is 14.6 Å². The number of nitrogens with zero attached hydrogens (tertiary/aromatic N) is 1. The molecule has 0 aliphatic heterocycles. The van der Waals surface area contributed by atoms with Crippen LogP contribution in [-0.4, -0.2) is 16.8 Å². The molecule has 3 aromatic rings. The zero-order chi connectivity index (χ0) is 20.1. The van der Waals surface area contributed by atoms with E-state index in [9.17, 15) is 22.8 Å². The van der Waals surface area contributed by atoms with Crippen molar-refractivity contribution in [1.29, 1.82) is 0 Å². The van der Waals surface area contributed by atoms with Gasteiger partial charge in [0.05, 0.1) is 11.1 Å². The average molecular weight is 385 g/mol. The second-order valence-electron chi connectivity index (χ2n) is 5.82. The van der Waals surface area contributed by atoms with E-state index in [1.54, 1.807) is 0 Å². The molecule has 0 fully saturated rings. The highest BCUT2D eigenvalue weighted by atomic mass is 19.1. The smallest absolute Gasteiger partial charge is 0.257 e. The van der Waals surface area contributed by atoms with E-state index in [0.29, 0.717) is 5.56 Å². The van der Waals surface area contributed by atoms with E-state index in [1.807, 2.05) is 0 Å². The molecule has 28 heavy (non-hydrogen) atoms. The normalized spacial score (nSPS) is 10.4. The number of benzene rings is 2. The summed E-state index contributed by atoms with van der Waals surface area (Å²) in [7, 11) is 0. The number of hydrogen-bond donors (Lipinski definition) is 2. The Morgan fingerprint density at radius 1 is 0.857 bits per heavy atom. The highest BCUT2D eigenvalue weighted by Gasteiger charge is 2.15. The minimum atomic E-state index is -0.922. The standard InChI is InChI=1S/C20H14F3N3O2/c21-15-6-4-12(5-7-15)9-25-19(27)13-8-14(11-24-10-13)20(28)26-18-16(22)2-1-3-17(18)23/h1-8,10-11H,9H2,(H,25,27)(H,26,28). The fraction of sp³-hybridized carbons (Fsp3) is 0.0500. The van der Waals surface area contributed by atoms with Gasteiger partial charge in [0, 0.05) is 18.9 Å². The molecule has 0 saturated carbocycles. The number of para-hydroxylation sites is 1. The SMILES string of the molecule is O=C(NCc1ccc(F)cc1)c1cncc(C(=O)Nc2c(F)cccc2F)c1. The largest absolute Gasteiger partial charge is 0.348 e. The fourth-order valence-electron chi connectivity index (χ4n) is 2.38. The molecular weight excluding hydrogens is 371 g/mol. The lowest BCUT2D eigenvalue weighted by atomic mass is 10.1. The number of carbonyl (C=O) groups is 2. The summed E-state index contributed by atoms with van der Waals surface area (Å²) in [6, 6.07) is 10.1. The van der Waals surface area contributed by atoms with Crippen molar-refractivity contribution in [1.82, 2.24) is 10.3 Å². The summed E-state index contributed by atoms with van der Waals surface area (Å²) < 4.78 is 40.2. The molecule has 0 spiro atoms. The molecule has 0 unspecified atom stereocenters. The third-order valence-corrected chi connectivity index (χ3v) is 3.83. The summed E-state index contributed by atoms with van der Waals surface area (Å²) in [4.78, 5) is 28.3.